The van der Waals surface area contributed by atoms with Crippen LogP contribution in [0.5, 0.6) is 11.5 Å². The molecule has 2 aromatic rings. The first-order valence-electron chi connectivity index (χ1n) is 10.3. The summed E-state index contributed by atoms with van der Waals surface area (Å²) in [4.78, 5) is 19.8. The third-order valence-electron chi connectivity index (χ3n) is 5.96. The molecule has 28 heavy (non-hydrogen) atoms. The van der Waals surface area contributed by atoms with Gasteiger partial charge in [0.15, 0.2) is 11.5 Å². The van der Waals surface area contributed by atoms with Gasteiger partial charge in [0.25, 0.3) is 5.91 Å². The molecule has 3 aliphatic rings. The standard InChI is InChI=1S/C22H26N2O3S/c25-22(21-13-17-4-2-1-3-5-20(17)28-21)24-10-8-23(9-11-24)14-16-6-7-18-19(12-16)27-15-26-18/h6-7,12-13H,1-5,8-11,14-15H2. The molecule has 2 aliphatic heterocycles. The van der Waals surface area contributed by atoms with E-state index >= 15 is 0 Å². The highest BCUT2D eigenvalue weighted by molar-refractivity contribution is 7.14. The molecular formula is C22H26N2O3S. The van der Waals surface area contributed by atoms with Crippen molar-refractivity contribution in [3.8, 4) is 11.5 Å². The molecule has 0 radical (unpaired) electrons. The number of rotatable bonds is 3. The summed E-state index contributed by atoms with van der Waals surface area (Å²) in [6.45, 7) is 4.60. The van der Waals surface area contributed by atoms with E-state index < -0.39 is 0 Å². The zero-order chi connectivity index (χ0) is 18.9. The Bertz CT molecular complexity index is 847. The van der Waals surface area contributed by atoms with Crippen molar-refractivity contribution in [3.63, 3.8) is 0 Å². The zero-order valence-electron chi connectivity index (χ0n) is 16.1. The highest BCUT2D eigenvalue weighted by atomic mass is 32.1. The molecule has 0 atom stereocenters. The number of amides is 1. The summed E-state index contributed by atoms with van der Waals surface area (Å²) in [7, 11) is 0. The van der Waals surface area contributed by atoms with Gasteiger partial charge in [0, 0.05) is 37.6 Å². The van der Waals surface area contributed by atoms with Crippen molar-refractivity contribution in [1.29, 1.82) is 0 Å². The fourth-order valence-corrected chi connectivity index (χ4v) is 5.56. The van der Waals surface area contributed by atoms with E-state index in [9.17, 15) is 4.79 Å². The second-order valence-corrected chi connectivity index (χ2v) is 9.01. The lowest BCUT2D eigenvalue weighted by Crippen LogP contribution is -2.48. The number of hydrogen-bond acceptors (Lipinski definition) is 5. The predicted octanol–water partition coefficient (Wildman–Crippen LogP) is 3.70. The summed E-state index contributed by atoms with van der Waals surface area (Å²) in [6, 6.07) is 8.33. The Balaban J connectivity index is 1.18. The van der Waals surface area contributed by atoms with E-state index in [1.807, 2.05) is 11.0 Å². The Morgan fingerprint density at radius 3 is 2.68 bits per heavy atom. The highest BCUT2D eigenvalue weighted by Gasteiger charge is 2.25. The van der Waals surface area contributed by atoms with Gasteiger partial charge in [-0.15, -0.1) is 11.3 Å². The van der Waals surface area contributed by atoms with Crippen molar-refractivity contribution in [3.05, 3.63) is 45.1 Å². The normalized spacial score (nSPS) is 19.4. The third kappa shape index (κ3) is 3.63. The van der Waals surface area contributed by atoms with Crippen LogP contribution in [0, 0.1) is 0 Å². The van der Waals surface area contributed by atoms with Gasteiger partial charge in [0.05, 0.1) is 4.88 Å². The van der Waals surface area contributed by atoms with Crippen LogP contribution in [0.4, 0.5) is 0 Å². The van der Waals surface area contributed by atoms with Gasteiger partial charge in [-0.3, -0.25) is 9.69 Å². The molecule has 5 nitrogen and oxygen atoms in total. The number of aryl methyl sites for hydroxylation is 2. The number of fused-ring (bicyclic) bond motifs is 2. The number of carbonyl (C=O) groups is 1. The summed E-state index contributed by atoms with van der Waals surface area (Å²) < 4.78 is 10.9. The number of hydrogen-bond donors (Lipinski definition) is 0. The van der Waals surface area contributed by atoms with Gasteiger partial charge in [0.2, 0.25) is 6.79 Å². The summed E-state index contributed by atoms with van der Waals surface area (Å²) in [5.74, 6) is 1.89. The number of thiophene rings is 1. The number of piperazine rings is 1. The maximum atomic E-state index is 13.0. The van der Waals surface area contributed by atoms with Crippen molar-refractivity contribution in [2.45, 2.75) is 38.6 Å². The first-order valence-corrected chi connectivity index (χ1v) is 11.1. The van der Waals surface area contributed by atoms with Gasteiger partial charge in [-0.1, -0.05) is 12.5 Å². The molecule has 1 aromatic heterocycles. The van der Waals surface area contributed by atoms with E-state index in [-0.39, 0.29) is 5.91 Å². The molecule has 6 heteroatoms. The van der Waals surface area contributed by atoms with Crippen LogP contribution in [0.1, 0.15) is 44.9 Å². The van der Waals surface area contributed by atoms with E-state index in [0.717, 1.165) is 61.9 Å². The number of benzene rings is 1. The van der Waals surface area contributed by atoms with Crippen LogP contribution in [0.2, 0.25) is 0 Å². The summed E-state index contributed by atoms with van der Waals surface area (Å²) in [5, 5.41) is 0. The molecule has 5 rings (SSSR count). The molecule has 0 unspecified atom stereocenters. The third-order valence-corrected chi connectivity index (χ3v) is 7.19. The first-order chi connectivity index (χ1) is 13.8. The molecule has 3 heterocycles. The first kappa shape index (κ1) is 18.0. The fourth-order valence-electron chi connectivity index (χ4n) is 4.34. The van der Waals surface area contributed by atoms with Crippen LogP contribution in [0.25, 0.3) is 0 Å². The molecule has 148 valence electrons. The molecule has 1 fully saturated rings. The smallest absolute Gasteiger partial charge is 0.264 e. The minimum Gasteiger partial charge on any atom is -0.454 e. The summed E-state index contributed by atoms with van der Waals surface area (Å²) in [6.07, 6.45) is 6.13. The predicted molar refractivity (Wildman–Crippen MR) is 109 cm³/mol. The average molecular weight is 399 g/mol. The van der Waals surface area contributed by atoms with E-state index in [1.165, 1.54) is 35.3 Å². The van der Waals surface area contributed by atoms with Crippen LogP contribution in [-0.2, 0) is 19.4 Å². The Morgan fingerprint density at radius 1 is 0.964 bits per heavy atom. The maximum absolute atomic E-state index is 13.0. The lowest BCUT2D eigenvalue weighted by atomic mass is 10.1. The van der Waals surface area contributed by atoms with Crippen molar-refractivity contribution in [2.75, 3.05) is 33.0 Å². The molecule has 1 aliphatic carbocycles. The van der Waals surface area contributed by atoms with Crippen LogP contribution in [0.3, 0.4) is 0 Å². The summed E-state index contributed by atoms with van der Waals surface area (Å²) >= 11 is 1.73. The second-order valence-electron chi connectivity index (χ2n) is 7.88. The van der Waals surface area contributed by atoms with E-state index in [1.54, 1.807) is 11.3 Å². The SMILES string of the molecule is O=C(c1cc2c(s1)CCCCC2)N1CCN(Cc2ccc3c(c2)OCO3)CC1. The molecule has 0 spiro atoms. The second kappa shape index (κ2) is 7.76. The van der Waals surface area contributed by atoms with Crippen molar-refractivity contribution < 1.29 is 14.3 Å². The molecule has 1 amide bonds. The molecule has 1 saturated heterocycles. The highest BCUT2D eigenvalue weighted by Crippen LogP contribution is 2.33. The number of ether oxygens (including phenoxy) is 2. The van der Waals surface area contributed by atoms with Crippen LogP contribution in [-0.4, -0.2) is 48.7 Å². The van der Waals surface area contributed by atoms with Crippen molar-refractivity contribution in [2.24, 2.45) is 0 Å². The van der Waals surface area contributed by atoms with Gasteiger partial charge < -0.3 is 14.4 Å². The average Bonchev–Trinajstić information content (AvgIpc) is 3.29. The van der Waals surface area contributed by atoms with Crippen LogP contribution >= 0.6 is 11.3 Å². The Labute approximate surface area is 169 Å². The van der Waals surface area contributed by atoms with Gasteiger partial charge >= 0.3 is 0 Å². The van der Waals surface area contributed by atoms with Crippen LogP contribution in [0.15, 0.2) is 24.3 Å². The number of nitrogens with zero attached hydrogens (tertiary/aromatic N) is 2. The minimum absolute atomic E-state index is 0.223. The zero-order valence-corrected chi connectivity index (χ0v) is 16.9. The van der Waals surface area contributed by atoms with Gasteiger partial charge in [-0.05, 0) is 55.0 Å². The van der Waals surface area contributed by atoms with Crippen molar-refractivity contribution >= 4 is 17.2 Å². The molecule has 0 bridgehead atoms. The topological polar surface area (TPSA) is 42.0 Å². The van der Waals surface area contributed by atoms with Gasteiger partial charge in [-0.25, -0.2) is 0 Å². The minimum atomic E-state index is 0.223. The number of carbonyl (C=O) groups excluding carboxylic acids is 1. The molecule has 0 saturated carbocycles. The largest absolute Gasteiger partial charge is 0.454 e. The summed E-state index contributed by atoms with van der Waals surface area (Å²) in [5.41, 5.74) is 2.65. The fraction of sp³-hybridized carbons (Fsp3) is 0.500. The lowest BCUT2D eigenvalue weighted by molar-refractivity contribution is 0.0633. The Kier molecular flexibility index (Phi) is 4.99. The van der Waals surface area contributed by atoms with E-state index in [2.05, 4.69) is 23.1 Å². The lowest BCUT2D eigenvalue weighted by Gasteiger charge is -2.34. The van der Waals surface area contributed by atoms with E-state index in [4.69, 9.17) is 9.47 Å². The van der Waals surface area contributed by atoms with Crippen LogP contribution < -0.4 is 9.47 Å². The molecular weight excluding hydrogens is 372 g/mol. The molecule has 1 aromatic carbocycles. The maximum Gasteiger partial charge on any atom is 0.264 e. The Hall–Kier alpha value is -2.05. The van der Waals surface area contributed by atoms with Gasteiger partial charge in [0.1, 0.15) is 0 Å². The molecule has 0 N–H and O–H groups in total. The monoisotopic (exact) mass is 398 g/mol. The Morgan fingerprint density at radius 2 is 1.79 bits per heavy atom. The quantitative estimate of drug-likeness (QED) is 0.740. The van der Waals surface area contributed by atoms with Gasteiger partial charge in [-0.2, -0.15) is 0 Å². The van der Waals surface area contributed by atoms with E-state index in [0.29, 0.717) is 6.79 Å². The van der Waals surface area contributed by atoms with Crippen molar-refractivity contribution in [1.82, 2.24) is 9.80 Å².